The molecule has 1 N–H and O–H groups in total. The predicted octanol–water partition coefficient (Wildman–Crippen LogP) is 1.01. The van der Waals surface area contributed by atoms with Gasteiger partial charge in [-0.2, -0.15) is 5.26 Å². The number of rotatable bonds is 2. The Hall–Kier alpha value is -1.86. The molecule has 4 nitrogen and oxygen atoms in total. The van der Waals surface area contributed by atoms with Crippen LogP contribution in [-0.2, 0) is 0 Å². The number of nitrogens with zero attached hydrogens (tertiary/aromatic N) is 2. The van der Waals surface area contributed by atoms with Gasteiger partial charge in [0.05, 0.1) is 11.6 Å². The molecule has 1 amide bonds. The van der Waals surface area contributed by atoms with Crippen molar-refractivity contribution < 1.29 is 9.90 Å². The maximum absolute atomic E-state index is 12.1. The van der Waals surface area contributed by atoms with E-state index in [0.29, 0.717) is 24.2 Å². The summed E-state index contributed by atoms with van der Waals surface area (Å²) in [5.41, 5.74) is 1.04. The molecule has 1 saturated heterocycles. The maximum atomic E-state index is 12.1. The molecule has 1 unspecified atom stereocenters. The molecule has 1 fully saturated rings. The largest absolute Gasteiger partial charge is 0.396 e. The average molecular weight is 230 g/mol. The summed E-state index contributed by atoms with van der Waals surface area (Å²) in [7, 11) is 0. The Morgan fingerprint density at radius 3 is 3.06 bits per heavy atom. The fourth-order valence-electron chi connectivity index (χ4n) is 2.07. The lowest BCUT2D eigenvalue weighted by Crippen LogP contribution is -2.29. The van der Waals surface area contributed by atoms with Crippen molar-refractivity contribution in [2.45, 2.75) is 6.42 Å². The van der Waals surface area contributed by atoms with E-state index in [9.17, 15) is 4.79 Å². The lowest BCUT2D eigenvalue weighted by atomic mass is 10.1. The van der Waals surface area contributed by atoms with Gasteiger partial charge in [-0.3, -0.25) is 4.79 Å². The number of carbonyl (C=O) groups is 1. The maximum Gasteiger partial charge on any atom is 0.253 e. The van der Waals surface area contributed by atoms with Gasteiger partial charge in [0.1, 0.15) is 0 Å². The van der Waals surface area contributed by atoms with E-state index < -0.39 is 0 Å². The molecule has 0 spiro atoms. The third kappa shape index (κ3) is 2.45. The van der Waals surface area contributed by atoms with Crippen LogP contribution in [0.3, 0.4) is 0 Å². The molecular weight excluding hydrogens is 216 g/mol. The van der Waals surface area contributed by atoms with Crippen molar-refractivity contribution in [3.63, 3.8) is 0 Å². The number of benzene rings is 1. The Labute approximate surface area is 100 Å². The molecule has 0 radical (unpaired) electrons. The second kappa shape index (κ2) is 4.98. The van der Waals surface area contributed by atoms with Gasteiger partial charge >= 0.3 is 0 Å². The third-order valence-electron chi connectivity index (χ3n) is 3.07. The molecule has 4 heteroatoms. The smallest absolute Gasteiger partial charge is 0.253 e. The van der Waals surface area contributed by atoms with Crippen LogP contribution in [0.2, 0.25) is 0 Å². The van der Waals surface area contributed by atoms with Gasteiger partial charge in [-0.05, 0) is 24.6 Å². The van der Waals surface area contributed by atoms with Crippen molar-refractivity contribution in [1.82, 2.24) is 4.90 Å². The minimum absolute atomic E-state index is 0.0574. The van der Waals surface area contributed by atoms with Crippen molar-refractivity contribution in [3.8, 4) is 6.07 Å². The van der Waals surface area contributed by atoms with Crippen molar-refractivity contribution in [3.05, 3.63) is 35.4 Å². The van der Waals surface area contributed by atoms with Gasteiger partial charge in [-0.15, -0.1) is 0 Å². The van der Waals surface area contributed by atoms with Crippen LogP contribution in [0, 0.1) is 17.2 Å². The number of likely N-dealkylation sites (tertiary alicyclic amines) is 1. The first-order valence-electron chi connectivity index (χ1n) is 5.65. The fraction of sp³-hybridized carbons (Fsp3) is 0.385. The molecule has 1 aliphatic rings. The quantitative estimate of drug-likeness (QED) is 0.824. The van der Waals surface area contributed by atoms with E-state index >= 15 is 0 Å². The van der Waals surface area contributed by atoms with E-state index in [-0.39, 0.29) is 18.4 Å². The highest BCUT2D eigenvalue weighted by Gasteiger charge is 2.26. The molecule has 1 heterocycles. The summed E-state index contributed by atoms with van der Waals surface area (Å²) in [6.07, 6.45) is 0.847. The van der Waals surface area contributed by atoms with Gasteiger partial charge in [0.25, 0.3) is 5.91 Å². The summed E-state index contributed by atoms with van der Waals surface area (Å²) in [5.74, 6) is 0.135. The Bertz CT molecular complexity index is 465. The van der Waals surface area contributed by atoms with Crippen LogP contribution in [0.25, 0.3) is 0 Å². The first-order chi connectivity index (χ1) is 8.24. The molecule has 1 atom stereocenters. The summed E-state index contributed by atoms with van der Waals surface area (Å²) in [6.45, 7) is 1.41. The van der Waals surface area contributed by atoms with Crippen molar-refractivity contribution in [2.24, 2.45) is 5.92 Å². The molecule has 17 heavy (non-hydrogen) atoms. The van der Waals surface area contributed by atoms with E-state index in [1.807, 2.05) is 6.07 Å². The van der Waals surface area contributed by atoms with E-state index in [4.69, 9.17) is 10.4 Å². The van der Waals surface area contributed by atoms with Gasteiger partial charge < -0.3 is 10.0 Å². The monoisotopic (exact) mass is 230 g/mol. The van der Waals surface area contributed by atoms with Crippen LogP contribution in [0.1, 0.15) is 22.3 Å². The number of hydrogen-bond acceptors (Lipinski definition) is 3. The van der Waals surface area contributed by atoms with Crippen LogP contribution >= 0.6 is 0 Å². The summed E-state index contributed by atoms with van der Waals surface area (Å²) in [4.78, 5) is 13.8. The Morgan fingerprint density at radius 2 is 2.41 bits per heavy atom. The Kier molecular flexibility index (Phi) is 3.40. The molecule has 0 saturated carbocycles. The minimum Gasteiger partial charge on any atom is -0.396 e. The number of hydrogen-bond donors (Lipinski definition) is 1. The molecular formula is C13H14N2O2. The van der Waals surface area contributed by atoms with Crippen LogP contribution in [0.15, 0.2) is 24.3 Å². The SMILES string of the molecule is N#Cc1cccc(C(=O)N2CCC(CO)C2)c1. The molecule has 1 aromatic carbocycles. The zero-order chi connectivity index (χ0) is 12.3. The van der Waals surface area contributed by atoms with Gasteiger partial charge in [0, 0.05) is 31.2 Å². The molecule has 2 rings (SSSR count). The van der Waals surface area contributed by atoms with Gasteiger partial charge in [0.2, 0.25) is 0 Å². The zero-order valence-electron chi connectivity index (χ0n) is 9.47. The standard InChI is InChI=1S/C13H14N2O2/c14-7-10-2-1-3-12(6-10)13(17)15-5-4-11(8-15)9-16/h1-3,6,11,16H,4-5,8-9H2. The summed E-state index contributed by atoms with van der Waals surface area (Å²) in [6, 6.07) is 8.74. The first kappa shape index (κ1) is 11.6. The van der Waals surface area contributed by atoms with E-state index in [1.165, 1.54) is 0 Å². The second-order valence-corrected chi connectivity index (χ2v) is 4.28. The van der Waals surface area contributed by atoms with Crippen LogP contribution < -0.4 is 0 Å². The topological polar surface area (TPSA) is 64.3 Å². The minimum atomic E-state index is -0.0574. The van der Waals surface area contributed by atoms with E-state index in [2.05, 4.69) is 0 Å². The number of amides is 1. The highest BCUT2D eigenvalue weighted by Crippen LogP contribution is 2.18. The molecule has 0 bridgehead atoms. The predicted molar refractivity (Wildman–Crippen MR) is 62.3 cm³/mol. The van der Waals surface area contributed by atoms with Gasteiger partial charge in [-0.1, -0.05) is 6.07 Å². The van der Waals surface area contributed by atoms with Gasteiger partial charge in [-0.25, -0.2) is 0 Å². The number of nitriles is 1. The Balaban J connectivity index is 2.12. The number of carbonyl (C=O) groups excluding carboxylic acids is 1. The Morgan fingerprint density at radius 1 is 1.59 bits per heavy atom. The molecule has 1 aliphatic heterocycles. The lowest BCUT2D eigenvalue weighted by molar-refractivity contribution is 0.0782. The van der Waals surface area contributed by atoms with Crippen molar-refractivity contribution >= 4 is 5.91 Å². The highest BCUT2D eigenvalue weighted by atomic mass is 16.3. The normalized spacial score (nSPS) is 19.1. The molecule has 88 valence electrons. The van der Waals surface area contributed by atoms with E-state index in [1.54, 1.807) is 29.2 Å². The summed E-state index contributed by atoms with van der Waals surface area (Å²) >= 11 is 0. The van der Waals surface area contributed by atoms with Crippen molar-refractivity contribution in [1.29, 1.82) is 5.26 Å². The summed E-state index contributed by atoms with van der Waals surface area (Å²) < 4.78 is 0. The van der Waals surface area contributed by atoms with Crippen LogP contribution in [-0.4, -0.2) is 35.6 Å². The lowest BCUT2D eigenvalue weighted by Gasteiger charge is -2.16. The average Bonchev–Trinajstić information content (AvgIpc) is 2.86. The molecule has 0 aliphatic carbocycles. The fourth-order valence-corrected chi connectivity index (χ4v) is 2.07. The highest BCUT2D eigenvalue weighted by molar-refractivity contribution is 5.94. The molecule has 0 aromatic heterocycles. The van der Waals surface area contributed by atoms with Crippen LogP contribution in [0.5, 0.6) is 0 Å². The molecule has 1 aromatic rings. The van der Waals surface area contributed by atoms with Gasteiger partial charge in [0.15, 0.2) is 0 Å². The third-order valence-corrected chi connectivity index (χ3v) is 3.07. The summed E-state index contributed by atoms with van der Waals surface area (Å²) in [5, 5.41) is 17.8. The second-order valence-electron chi connectivity index (χ2n) is 4.28. The van der Waals surface area contributed by atoms with Crippen molar-refractivity contribution in [2.75, 3.05) is 19.7 Å². The first-order valence-corrected chi connectivity index (χ1v) is 5.65. The zero-order valence-corrected chi connectivity index (χ0v) is 9.47. The number of aliphatic hydroxyl groups excluding tert-OH is 1. The van der Waals surface area contributed by atoms with E-state index in [0.717, 1.165) is 6.42 Å². The van der Waals surface area contributed by atoms with Crippen LogP contribution in [0.4, 0.5) is 0 Å². The number of aliphatic hydroxyl groups is 1.